The molecule has 15 amide bonds. The number of unbranched alkanes of at least 4 members (excludes halogenated alkanes) is 1. The third-order valence-corrected chi connectivity index (χ3v) is 24.7. The van der Waals surface area contributed by atoms with Crippen molar-refractivity contribution in [2.24, 2.45) is 17.6 Å². The number of aliphatic hydroxyl groups is 2. The lowest BCUT2D eigenvalue weighted by Crippen LogP contribution is -2.62. The summed E-state index contributed by atoms with van der Waals surface area (Å²) in [6.07, 6.45) is -7.15. The van der Waals surface area contributed by atoms with Crippen molar-refractivity contribution < 1.29 is 120 Å². The third kappa shape index (κ3) is 29.2. The van der Waals surface area contributed by atoms with Gasteiger partial charge in [0.15, 0.2) is 17.5 Å². The van der Waals surface area contributed by atoms with Crippen LogP contribution in [0.15, 0.2) is 128 Å². The number of H-pyrrole nitrogens is 1. The standard InChI is InChI=1S/C93H117F3N16O22S/c1-9-10-25-70-92(133)112-46-58(115)41-73(112)88(129)105-67(42-78(120)121)85(126)107-80(50(4)5)93(134)109(7)71(37-51-19-13-11-14-20-51)86(127)101-63(30-31-77(118)119)90(131)111-45-57(114)40-72(111)87(128)104-66(39-55-43-98-62-24-18-17-23-59(55)62)84(125)103-65(35-53-26-28-56(113)29-27-53)83(124)102-64(32-49(2)3)82(123)106-69(81(122)99-44-75(97)116)47-135-48-76(117)100-68(36-54-33-60(94)79(96)61(95)34-54)89(130)110(8)74(91(132)108(70)6)38-52-21-15-12-16-22-52/h11-24,26-29,33-34,43,49-50,57-58,63-74,80,98,113-115H,9-10,25,30-32,35-42,44-48H2,1-8H3,(H2,97,116)(H,99,122)(H,100,117)(H,101,127)(H,102,124)(H,103,125)(H,104,128)(H,105,129)(H,106,123)(H,107,126)(H,118,119)(H,120,121)/t57-,58-,63+,64+,65+,66+,67+,68+,69+,70+,71+,72+,73-,74+,80+/m1/s1. The van der Waals surface area contributed by atoms with Crippen molar-refractivity contribution in [3.05, 3.63) is 173 Å². The van der Waals surface area contributed by atoms with Gasteiger partial charge in [-0.1, -0.05) is 138 Å². The van der Waals surface area contributed by atoms with Gasteiger partial charge in [-0.3, -0.25) is 81.5 Å². The van der Waals surface area contributed by atoms with Crippen molar-refractivity contribution in [1.29, 1.82) is 0 Å². The first-order chi connectivity index (χ1) is 64.0. The van der Waals surface area contributed by atoms with Crippen molar-refractivity contribution in [3.8, 4) is 5.75 Å². The van der Waals surface area contributed by atoms with Gasteiger partial charge in [-0.05, 0) is 89.2 Å². The molecule has 17 N–H and O–H groups in total. The summed E-state index contributed by atoms with van der Waals surface area (Å²) in [4.78, 5) is 258. The number of nitrogens with zero attached hydrogens (tertiary/aromatic N) is 5. The van der Waals surface area contributed by atoms with E-state index in [9.17, 15) is 63.5 Å². The smallest absolute Gasteiger partial charge is 0.305 e. The lowest BCUT2D eigenvalue weighted by atomic mass is 9.98. The number of benzene rings is 5. The topological polar surface area (TPSA) is 558 Å². The monoisotopic (exact) mass is 1900 g/mol. The van der Waals surface area contributed by atoms with Crippen molar-refractivity contribution in [3.63, 3.8) is 0 Å². The minimum atomic E-state index is -2.08. The van der Waals surface area contributed by atoms with E-state index < -0.39 is 302 Å². The fraction of sp³-hybridized carbons (Fsp3) is 0.473. The summed E-state index contributed by atoms with van der Waals surface area (Å²) in [5.41, 5.74) is 7.16. The molecule has 3 fully saturated rings. The molecular formula is C93H117F3N16O22S. The number of nitrogens with two attached hydrogens (primary N) is 1. The predicted molar refractivity (Wildman–Crippen MR) is 484 cm³/mol. The van der Waals surface area contributed by atoms with Gasteiger partial charge in [0.2, 0.25) is 88.6 Å². The minimum absolute atomic E-state index is 0.150. The van der Waals surface area contributed by atoms with Crippen LogP contribution < -0.4 is 53.6 Å². The Kier molecular flexibility index (Phi) is 38.1. The third-order valence-electron chi connectivity index (χ3n) is 23.7. The molecule has 5 aromatic carbocycles. The molecule has 6 aromatic rings. The number of phenols is 1. The molecule has 0 saturated carbocycles. The van der Waals surface area contributed by atoms with Crippen LogP contribution in [0.2, 0.25) is 0 Å². The molecule has 0 aliphatic carbocycles. The number of thioether (sulfide) groups is 1. The molecule has 42 heteroatoms. The Balaban J connectivity index is 1.15. The summed E-state index contributed by atoms with van der Waals surface area (Å²) in [7, 11) is 3.54. The number of carboxylic acid groups (broad SMARTS) is 2. The van der Waals surface area contributed by atoms with E-state index in [1.165, 1.54) is 52.2 Å². The van der Waals surface area contributed by atoms with Crippen LogP contribution in [0.1, 0.15) is 120 Å². The Morgan fingerprint density at radius 2 is 1.01 bits per heavy atom. The molecule has 4 heterocycles. The molecule has 0 spiro atoms. The fourth-order valence-corrected chi connectivity index (χ4v) is 17.3. The van der Waals surface area contributed by atoms with Gasteiger partial charge in [0.05, 0.1) is 30.9 Å². The first-order valence-electron chi connectivity index (χ1n) is 44.3. The van der Waals surface area contributed by atoms with Crippen LogP contribution in [0.5, 0.6) is 5.75 Å². The number of hydrogen-bond acceptors (Lipinski definition) is 21. The van der Waals surface area contributed by atoms with Crippen LogP contribution in [0.3, 0.4) is 0 Å². The fourth-order valence-electron chi connectivity index (χ4n) is 16.5. The van der Waals surface area contributed by atoms with E-state index >= 15 is 56.7 Å². The van der Waals surface area contributed by atoms with Crippen LogP contribution in [-0.2, 0) is 114 Å². The molecule has 1 aromatic heterocycles. The molecule has 0 unspecified atom stereocenters. The van der Waals surface area contributed by atoms with Crippen molar-refractivity contribution in [2.75, 3.05) is 52.3 Å². The first-order valence-corrected chi connectivity index (χ1v) is 45.5. The van der Waals surface area contributed by atoms with Crippen LogP contribution in [0, 0.1) is 29.3 Å². The number of amides is 15. The Bertz CT molecular complexity index is 5270. The van der Waals surface area contributed by atoms with E-state index in [1.807, 2.05) is 0 Å². The van der Waals surface area contributed by atoms with E-state index in [0.717, 1.165) is 31.5 Å². The average Bonchev–Trinajstić information content (AvgIpc) is 1.68. The number of carbonyl (C=O) groups excluding carboxylic acids is 15. The number of rotatable bonds is 24. The lowest BCUT2D eigenvalue weighted by Gasteiger charge is -2.38. The number of aliphatic hydroxyl groups excluding tert-OH is 2. The molecule has 3 aliphatic heterocycles. The van der Waals surface area contributed by atoms with E-state index in [4.69, 9.17) is 5.73 Å². The summed E-state index contributed by atoms with van der Waals surface area (Å²) in [6, 6.07) is 6.77. The van der Waals surface area contributed by atoms with Crippen molar-refractivity contribution >= 4 is 123 Å². The van der Waals surface area contributed by atoms with Crippen LogP contribution in [0.4, 0.5) is 13.2 Å². The second kappa shape index (κ2) is 48.9. The van der Waals surface area contributed by atoms with Gasteiger partial charge in [-0.25, -0.2) is 13.2 Å². The number of para-hydroxylation sites is 1. The molecule has 15 atom stereocenters. The summed E-state index contributed by atoms with van der Waals surface area (Å²) < 4.78 is 45.1. The highest BCUT2D eigenvalue weighted by Crippen LogP contribution is 2.29. The molecule has 135 heavy (non-hydrogen) atoms. The maximum atomic E-state index is 15.7. The summed E-state index contributed by atoms with van der Waals surface area (Å²) in [6.45, 7) is 6.06. The number of aliphatic carboxylic acids is 2. The Morgan fingerprint density at radius 1 is 0.511 bits per heavy atom. The number of phenolic OH excluding ortho intramolecular Hbond substituents is 1. The number of fused-ring (bicyclic) bond motifs is 3. The van der Waals surface area contributed by atoms with E-state index in [-0.39, 0.29) is 44.3 Å². The van der Waals surface area contributed by atoms with Crippen molar-refractivity contribution in [1.82, 2.24) is 77.3 Å². The number of carbonyl (C=O) groups is 17. The Labute approximate surface area is 780 Å². The lowest BCUT2D eigenvalue weighted by molar-refractivity contribution is -0.152. The number of aromatic hydroxyl groups is 1. The van der Waals surface area contributed by atoms with E-state index in [1.54, 1.807) is 112 Å². The summed E-state index contributed by atoms with van der Waals surface area (Å²) in [5.74, 6) is -27.5. The number of aromatic amines is 1. The van der Waals surface area contributed by atoms with Gasteiger partial charge in [-0.15, -0.1) is 11.8 Å². The zero-order valence-corrected chi connectivity index (χ0v) is 76.7. The van der Waals surface area contributed by atoms with E-state index in [0.29, 0.717) is 63.5 Å². The molecule has 9 rings (SSSR count). The Morgan fingerprint density at radius 3 is 1.59 bits per heavy atom. The molecule has 0 radical (unpaired) electrons. The quantitative estimate of drug-likeness (QED) is 0.0370. The number of carboxylic acids is 2. The number of hydrogen-bond donors (Lipinski definition) is 16. The maximum Gasteiger partial charge on any atom is 0.305 e. The second-order valence-corrected chi connectivity index (χ2v) is 35.8. The average molecular weight is 1900 g/mol. The second-order valence-electron chi connectivity index (χ2n) is 34.8. The highest BCUT2D eigenvalue weighted by molar-refractivity contribution is 8.00. The number of nitrogens with one attached hydrogen (secondary N) is 10. The molecule has 728 valence electrons. The first kappa shape index (κ1) is 105. The number of aromatic nitrogens is 1. The van der Waals surface area contributed by atoms with Gasteiger partial charge >= 0.3 is 11.9 Å². The van der Waals surface area contributed by atoms with Crippen LogP contribution >= 0.6 is 11.8 Å². The zero-order chi connectivity index (χ0) is 98.9. The predicted octanol–water partition coefficient (Wildman–Crippen LogP) is 0.667. The maximum absolute atomic E-state index is 15.7. The van der Waals surface area contributed by atoms with E-state index in [2.05, 4.69) is 52.8 Å². The largest absolute Gasteiger partial charge is 0.508 e. The Hall–Kier alpha value is -13.5. The molecular weight excluding hydrogens is 1780 g/mol. The van der Waals surface area contributed by atoms with Gasteiger partial charge in [0.25, 0.3) is 0 Å². The number of halogens is 3. The van der Waals surface area contributed by atoms with Crippen molar-refractivity contribution in [2.45, 2.75) is 215 Å². The highest BCUT2D eigenvalue weighted by atomic mass is 32.2. The molecule has 0 bridgehead atoms. The van der Waals surface area contributed by atoms with Gasteiger partial charge in [0, 0.05) is 108 Å². The van der Waals surface area contributed by atoms with Crippen LogP contribution in [-0.4, -0.2) is 299 Å². The number of primary amides is 1. The normalized spacial score (nSPS) is 24.5. The summed E-state index contributed by atoms with van der Waals surface area (Å²) in [5, 5.41) is 77.3. The highest BCUT2D eigenvalue weighted by Gasteiger charge is 2.48. The summed E-state index contributed by atoms with van der Waals surface area (Å²) >= 11 is 0.640. The van der Waals surface area contributed by atoms with Gasteiger partial charge < -0.3 is 109 Å². The van der Waals surface area contributed by atoms with Crippen LogP contribution in [0.25, 0.3) is 10.9 Å². The zero-order valence-electron chi connectivity index (χ0n) is 75.9. The van der Waals surface area contributed by atoms with Gasteiger partial charge in [-0.2, -0.15) is 0 Å². The molecule has 3 saturated heterocycles. The van der Waals surface area contributed by atoms with Gasteiger partial charge in [0.1, 0.15) is 84.3 Å². The number of likely N-dealkylation sites (N-methyl/N-ethyl adjacent to an activating group) is 3. The SMILES string of the molecule is CCCC[C@H]1C(=O)N2C[C@H](O)C[C@@H]2C(=O)N[C@@H](CC(=O)O)C(=O)N[C@@H](C(C)C)C(=O)N(C)[C@@H](Cc2ccccc2)C(=O)N[C@@H](CCC(=O)O)C(=O)N2C[C@H](O)C[C@H]2C(=O)N[C@@H](Cc2c[nH]c3ccccc23)C(=O)N[C@@H](Cc2ccc(O)cc2)C(=O)N[C@@H](CC(C)C)C(=O)N[C@H](C(=O)NCC(N)=O)CSCC(=O)N[C@@H](Cc2cc(F)c(F)c(F)c2)C(=O)N(C)[C@@H](Cc2ccccc2)C(=O)N1C. The minimum Gasteiger partial charge on any atom is -0.508 e. The molecule has 38 nitrogen and oxygen atoms in total. The molecule has 3 aliphatic rings.